The van der Waals surface area contributed by atoms with Crippen LogP contribution in [0.3, 0.4) is 0 Å². The molecule has 0 bridgehead atoms. The lowest BCUT2D eigenvalue weighted by Crippen LogP contribution is -2.36. The maximum Gasteiger partial charge on any atom is 0.250 e. The van der Waals surface area contributed by atoms with Gasteiger partial charge in [-0.3, -0.25) is 0 Å². The van der Waals surface area contributed by atoms with Crippen molar-refractivity contribution >= 4 is 19.9 Å². The first-order chi connectivity index (χ1) is 9.12. The Hall–Kier alpha value is -0.733. The molecule has 2 rings (SSSR count). The van der Waals surface area contributed by atoms with Crippen LogP contribution < -0.4 is 0 Å². The Labute approximate surface area is 122 Å². The zero-order valence-electron chi connectivity index (χ0n) is 12.1. The summed E-state index contributed by atoms with van der Waals surface area (Å²) < 4.78 is 6.37. The molecule has 19 heavy (non-hydrogen) atoms. The minimum atomic E-state index is -1.48. The molecule has 104 valence electrons. The topological polar surface area (TPSA) is 9.23 Å². The Morgan fingerprint density at radius 3 is 2.11 bits per heavy atom. The van der Waals surface area contributed by atoms with Crippen molar-refractivity contribution in [2.75, 3.05) is 0 Å². The van der Waals surface area contributed by atoms with Crippen molar-refractivity contribution in [1.29, 1.82) is 0 Å². The van der Waals surface area contributed by atoms with Gasteiger partial charge in [-0.1, -0.05) is 44.5 Å². The minimum absolute atomic E-state index is 0.518. The van der Waals surface area contributed by atoms with Crippen molar-refractivity contribution in [3.63, 3.8) is 0 Å². The van der Waals surface area contributed by atoms with E-state index in [0.29, 0.717) is 5.92 Å². The van der Waals surface area contributed by atoms with E-state index in [1.165, 1.54) is 29.5 Å². The Morgan fingerprint density at radius 2 is 1.63 bits per heavy atom. The van der Waals surface area contributed by atoms with Crippen LogP contribution in [-0.2, 0) is 4.43 Å². The van der Waals surface area contributed by atoms with Crippen molar-refractivity contribution in [1.82, 2.24) is 0 Å². The third-order valence-electron chi connectivity index (χ3n) is 4.39. The molecule has 0 fully saturated rings. The second kappa shape index (κ2) is 6.15. The third kappa shape index (κ3) is 3.24. The van der Waals surface area contributed by atoms with Crippen LogP contribution in [0.5, 0.6) is 0 Å². The highest BCUT2D eigenvalue weighted by atomic mass is 35.5. The quantitative estimate of drug-likeness (QED) is 0.609. The van der Waals surface area contributed by atoms with Crippen LogP contribution in [0.2, 0.25) is 23.2 Å². The molecule has 0 saturated carbocycles. The van der Waals surface area contributed by atoms with Crippen molar-refractivity contribution in [2.45, 2.75) is 51.2 Å². The van der Waals surface area contributed by atoms with Crippen molar-refractivity contribution in [3.05, 3.63) is 46.7 Å². The fraction of sp³-hybridized carbons (Fsp3) is 0.500. The summed E-state index contributed by atoms with van der Waals surface area (Å²) in [5.74, 6) is 1.74. The van der Waals surface area contributed by atoms with Crippen molar-refractivity contribution < 1.29 is 4.43 Å². The molecule has 1 nitrogen and oxygen atoms in total. The van der Waals surface area contributed by atoms with Crippen LogP contribution in [0.25, 0.3) is 0 Å². The van der Waals surface area contributed by atoms with Gasteiger partial charge >= 0.3 is 0 Å². The average Bonchev–Trinajstić information content (AvgIpc) is 2.40. The fourth-order valence-electron chi connectivity index (χ4n) is 2.65. The third-order valence-corrected chi connectivity index (χ3v) is 9.20. The molecular formula is C16H23ClOSi. The molecular weight excluding hydrogens is 272 g/mol. The molecule has 0 aromatic heterocycles. The van der Waals surface area contributed by atoms with E-state index in [1.54, 1.807) is 0 Å². The van der Waals surface area contributed by atoms with Gasteiger partial charge in [-0.05, 0) is 41.9 Å². The van der Waals surface area contributed by atoms with Gasteiger partial charge in [0.15, 0.2) is 0 Å². The fourth-order valence-corrected chi connectivity index (χ4v) is 5.42. The zero-order chi connectivity index (χ0) is 13.9. The van der Waals surface area contributed by atoms with Gasteiger partial charge in [-0.2, -0.15) is 0 Å². The molecule has 0 heterocycles. The summed E-state index contributed by atoms with van der Waals surface area (Å²) in [6, 6.07) is 11.8. The predicted octanol–water partition coefficient (Wildman–Crippen LogP) is 5.73. The smallest absolute Gasteiger partial charge is 0.250 e. The van der Waals surface area contributed by atoms with Gasteiger partial charge in [0.1, 0.15) is 0 Å². The van der Waals surface area contributed by atoms with Gasteiger partial charge in [0.2, 0.25) is 8.32 Å². The lowest BCUT2D eigenvalue weighted by Gasteiger charge is -2.35. The first-order valence-electron chi connectivity index (χ1n) is 7.27. The summed E-state index contributed by atoms with van der Waals surface area (Å²) in [6.07, 6.45) is 3.34. The Morgan fingerprint density at radius 1 is 1.11 bits per heavy atom. The van der Waals surface area contributed by atoms with Gasteiger partial charge in [0.25, 0.3) is 0 Å². The van der Waals surface area contributed by atoms with E-state index in [0.717, 1.165) is 11.4 Å². The van der Waals surface area contributed by atoms with Gasteiger partial charge in [-0.25, -0.2) is 0 Å². The summed E-state index contributed by atoms with van der Waals surface area (Å²) in [5.41, 5.74) is 1.34. The van der Waals surface area contributed by atoms with Gasteiger partial charge in [0, 0.05) is 17.4 Å². The van der Waals surface area contributed by atoms with Crippen LogP contribution in [0.4, 0.5) is 0 Å². The second-order valence-corrected chi connectivity index (χ2v) is 10.5. The second-order valence-electron chi connectivity index (χ2n) is 5.34. The van der Waals surface area contributed by atoms with E-state index in [4.69, 9.17) is 16.0 Å². The summed E-state index contributed by atoms with van der Waals surface area (Å²) in [7, 11) is -1.48. The lowest BCUT2D eigenvalue weighted by atomic mass is 9.86. The normalized spacial score (nSPS) is 18.7. The number of benzene rings is 1. The van der Waals surface area contributed by atoms with Gasteiger partial charge in [-0.15, -0.1) is 0 Å². The van der Waals surface area contributed by atoms with Crippen LogP contribution in [0.15, 0.2) is 36.1 Å². The predicted molar refractivity (Wildman–Crippen MR) is 85.2 cm³/mol. The number of hydrogen-bond acceptors (Lipinski definition) is 1. The highest BCUT2D eigenvalue weighted by Crippen LogP contribution is 2.39. The molecule has 1 aliphatic rings. The Balaban J connectivity index is 2.00. The number of halogens is 1. The summed E-state index contributed by atoms with van der Waals surface area (Å²) in [5, 5.41) is 0.804. The summed E-state index contributed by atoms with van der Waals surface area (Å²) in [4.78, 5) is 0. The summed E-state index contributed by atoms with van der Waals surface area (Å²) >= 11 is 5.92. The van der Waals surface area contributed by atoms with Crippen molar-refractivity contribution in [2.24, 2.45) is 0 Å². The van der Waals surface area contributed by atoms with E-state index in [1.807, 2.05) is 12.1 Å². The van der Waals surface area contributed by atoms with Crippen LogP contribution >= 0.6 is 11.6 Å². The molecule has 1 aromatic rings. The SMILES string of the molecule is CC[Si](CC)(CC)OC1=C[C@@H](c2ccc(Cl)cc2)C1. The van der Waals surface area contributed by atoms with Crippen LogP contribution in [-0.4, -0.2) is 8.32 Å². The standard InChI is InChI=1S/C16H23ClOSi/c1-4-19(5-2,6-3)18-16-11-14(12-16)13-7-9-15(17)10-8-13/h7-11,14H,4-6,12H2,1-3H3/t14-/m1/s1. The van der Waals surface area contributed by atoms with E-state index in [9.17, 15) is 0 Å². The maximum absolute atomic E-state index is 6.37. The first kappa shape index (κ1) is 14.7. The molecule has 0 unspecified atom stereocenters. The largest absolute Gasteiger partial charge is 0.547 e. The minimum Gasteiger partial charge on any atom is -0.547 e. The van der Waals surface area contributed by atoms with Crippen LogP contribution in [0, 0.1) is 0 Å². The molecule has 0 N–H and O–H groups in total. The van der Waals surface area contributed by atoms with Crippen LogP contribution in [0.1, 0.15) is 38.7 Å². The van der Waals surface area contributed by atoms with E-state index in [-0.39, 0.29) is 0 Å². The zero-order valence-corrected chi connectivity index (χ0v) is 13.8. The van der Waals surface area contributed by atoms with E-state index >= 15 is 0 Å². The monoisotopic (exact) mass is 294 g/mol. The summed E-state index contributed by atoms with van der Waals surface area (Å²) in [6.45, 7) is 6.82. The van der Waals surface area contributed by atoms with Gasteiger partial charge in [0.05, 0.1) is 5.76 Å². The van der Waals surface area contributed by atoms with Crippen molar-refractivity contribution in [3.8, 4) is 0 Å². The van der Waals surface area contributed by atoms with E-state index in [2.05, 4.69) is 39.0 Å². The number of hydrogen-bond donors (Lipinski definition) is 0. The molecule has 0 saturated heterocycles. The lowest BCUT2D eigenvalue weighted by molar-refractivity contribution is 0.349. The van der Waals surface area contributed by atoms with E-state index < -0.39 is 8.32 Å². The number of allylic oxidation sites excluding steroid dienone is 2. The average molecular weight is 295 g/mol. The highest BCUT2D eigenvalue weighted by Gasteiger charge is 2.34. The molecule has 0 amide bonds. The maximum atomic E-state index is 6.37. The first-order valence-corrected chi connectivity index (χ1v) is 10.2. The molecule has 1 atom stereocenters. The highest BCUT2D eigenvalue weighted by molar-refractivity contribution is 6.73. The molecule has 0 spiro atoms. The molecule has 0 aliphatic heterocycles. The molecule has 1 aromatic carbocycles. The molecule has 1 aliphatic carbocycles. The van der Waals surface area contributed by atoms with Gasteiger partial charge < -0.3 is 4.43 Å². The molecule has 3 heteroatoms. The molecule has 0 radical (unpaired) electrons. The Kier molecular flexibility index (Phi) is 4.75. The Bertz CT molecular complexity index is 440. The number of rotatable bonds is 6.